The molecule has 0 radical (unpaired) electrons. The Morgan fingerprint density at radius 1 is 1.14 bits per heavy atom. The first kappa shape index (κ1) is 23.5. The molecule has 2 aliphatic rings. The van der Waals surface area contributed by atoms with E-state index < -0.39 is 17.6 Å². The summed E-state index contributed by atoms with van der Waals surface area (Å²) in [6, 6.07) is 13.7. The van der Waals surface area contributed by atoms with Gasteiger partial charge in [-0.1, -0.05) is 47.7 Å². The van der Waals surface area contributed by atoms with Gasteiger partial charge in [0.15, 0.2) is 4.80 Å². The monoisotopic (exact) mass is 501 g/mol. The highest BCUT2D eigenvalue weighted by molar-refractivity contribution is 7.07. The second kappa shape index (κ2) is 9.09. The summed E-state index contributed by atoms with van der Waals surface area (Å²) in [6.45, 7) is 5.79. The lowest BCUT2D eigenvalue weighted by Gasteiger charge is -2.24. The fourth-order valence-electron chi connectivity index (χ4n) is 4.65. The fourth-order valence-corrected chi connectivity index (χ4v) is 5.79. The van der Waals surface area contributed by atoms with E-state index in [-0.39, 0.29) is 16.0 Å². The number of nitrogens with zero attached hydrogens (tertiary/aromatic N) is 3. The van der Waals surface area contributed by atoms with Crippen molar-refractivity contribution in [2.45, 2.75) is 13.0 Å². The zero-order valence-corrected chi connectivity index (χ0v) is 20.8. The number of para-hydroxylation sites is 1. The maximum absolute atomic E-state index is 14.0. The van der Waals surface area contributed by atoms with Crippen molar-refractivity contribution in [1.29, 1.82) is 0 Å². The second-order valence-electron chi connectivity index (χ2n) is 8.26. The van der Waals surface area contributed by atoms with Crippen LogP contribution in [0.1, 0.15) is 24.1 Å². The number of hydrogen-bond donors (Lipinski definition) is 0. The Hall–Kier alpha value is -4.24. The minimum Gasteiger partial charge on any atom is -0.497 e. The highest BCUT2D eigenvalue weighted by Crippen LogP contribution is 2.35. The Bertz CT molecular complexity index is 1630. The number of ether oxygens (including phenoxy) is 2. The second-order valence-corrected chi connectivity index (χ2v) is 9.24. The number of benzene rings is 2. The van der Waals surface area contributed by atoms with Crippen LogP contribution in [0.25, 0.3) is 5.57 Å². The van der Waals surface area contributed by atoms with E-state index >= 15 is 0 Å². The molecule has 9 heteroatoms. The van der Waals surface area contributed by atoms with E-state index in [4.69, 9.17) is 9.47 Å². The van der Waals surface area contributed by atoms with Crippen LogP contribution < -0.4 is 24.5 Å². The number of amides is 1. The number of anilines is 1. The molecule has 0 N–H and O–H groups in total. The molecule has 0 saturated carbocycles. The average Bonchev–Trinajstić information content (AvgIpc) is 3.35. The molecule has 0 fully saturated rings. The van der Waals surface area contributed by atoms with Crippen molar-refractivity contribution in [2.24, 2.45) is 4.99 Å². The molecule has 3 heterocycles. The van der Waals surface area contributed by atoms with E-state index in [1.807, 2.05) is 24.3 Å². The predicted octanol–water partition coefficient (Wildman–Crippen LogP) is 2.32. The summed E-state index contributed by atoms with van der Waals surface area (Å²) in [6.07, 6.45) is 1.65. The van der Waals surface area contributed by atoms with E-state index in [0.717, 1.165) is 17.0 Å². The zero-order valence-electron chi connectivity index (χ0n) is 20.0. The van der Waals surface area contributed by atoms with Gasteiger partial charge in [-0.2, -0.15) is 0 Å². The summed E-state index contributed by atoms with van der Waals surface area (Å²) in [5.74, 6) is -0.204. The minimum absolute atomic E-state index is 0.262. The Kier molecular flexibility index (Phi) is 5.93. The zero-order chi connectivity index (χ0) is 25.6. The van der Waals surface area contributed by atoms with Crippen LogP contribution in [0.4, 0.5) is 5.69 Å². The molecule has 8 nitrogen and oxygen atoms in total. The molecule has 1 aromatic heterocycles. The van der Waals surface area contributed by atoms with Gasteiger partial charge in [0.1, 0.15) is 10.3 Å². The van der Waals surface area contributed by atoms with Gasteiger partial charge in [0.2, 0.25) is 0 Å². The first-order valence-electron chi connectivity index (χ1n) is 11.2. The van der Waals surface area contributed by atoms with Crippen LogP contribution in [0.15, 0.2) is 82.2 Å². The number of allylic oxidation sites excluding steroid dienone is 1. The highest BCUT2D eigenvalue weighted by atomic mass is 32.1. The van der Waals surface area contributed by atoms with E-state index in [1.54, 1.807) is 49.3 Å². The first-order valence-corrected chi connectivity index (χ1v) is 12.0. The fraction of sp³-hybridized carbons (Fsp3) is 0.185. The van der Waals surface area contributed by atoms with Crippen LogP contribution in [0, 0.1) is 0 Å². The molecule has 2 aromatic carbocycles. The smallest absolute Gasteiger partial charge is 0.338 e. The van der Waals surface area contributed by atoms with Crippen LogP contribution in [-0.4, -0.2) is 37.2 Å². The van der Waals surface area contributed by atoms with Crippen LogP contribution >= 0.6 is 11.3 Å². The largest absolute Gasteiger partial charge is 0.497 e. The molecular formula is C27H23N3O5S. The molecule has 5 rings (SSSR count). The number of aromatic nitrogens is 1. The Morgan fingerprint density at radius 2 is 1.86 bits per heavy atom. The topological polar surface area (TPSA) is 90.2 Å². The quantitative estimate of drug-likeness (QED) is 0.395. The first-order chi connectivity index (χ1) is 17.4. The summed E-state index contributed by atoms with van der Waals surface area (Å²) in [4.78, 5) is 46.9. The normalized spacial score (nSPS) is 17.9. The molecular weight excluding hydrogens is 478 g/mol. The lowest BCUT2D eigenvalue weighted by atomic mass is 9.96. The maximum atomic E-state index is 14.0. The molecule has 0 saturated heterocycles. The van der Waals surface area contributed by atoms with Gasteiger partial charge in [0, 0.05) is 12.1 Å². The van der Waals surface area contributed by atoms with Gasteiger partial charge >= 0.3 is 5.97 Å². The molecule has 2 aliphatic heterocycles. The number of thiazole rings is 1. The van der Waals surface area contributed by atoms with Crippen LogP contribution in [0.2, 0.25) is 0 Å². The standard InChI is InChI=1S/C27H23N3O5S/c1-5-14-29-19-9-7-6-8-18(19)21(24(29)31)23-25(32)30-22(16-10-12-17(34-3)13-11-16)20(26(33)35-4)15(2)28-27(30)36-23/h5-13,22H,1,14H2,2-4H3/b23-21-/t22-/m1/s1. The number of esters is 1. The van der Waals surface area contributed by atoms with E-state index in [1.165, 1.54) is 11.7 Å². The van der Waals surface area contributed by atoms with Crippen LogP contribution in [-0.2, 0) is 14.3 Å². The van der Waals surface area contributed by atoms with Gasteiger partial charge < -0.3 is 14.4 Å². The minimum atomic E-state index is -0.773. The number of fused-ring (bicyclic) bond motifs is 2. The lowest BCUT2D eigenvalue weighted by Crippen LogP contribution is -2.40. The molecule has 0 spiro atoms. The van der Waals surface area contributed by atoms with Crippen molar-refractivity contribution >= 4 is 34.5 Å². The van der Waals surface area contributed by atoms with Crippen LogP contribution in [0.5, 0.6) is 5.75 Å². The Morgan fingerprint density at radius 3 is 2.53 bits per heavy atom. The van der Waals surface area contributed by atoms with Gasteiger partial charge in [0.25, 0.3) is 11.5 Å². The Labute approximate surface area is 210 Å². The number of carbonyl (C=O) groups excluding carboxylic acids is 2. The number of hydrogen-bond acceptors (Lipinski definition) is 7. The number of rotatable bonds is 5. The third-order valence-electron chi connectivity index (χ3n) is 6.30. The predicted molar refractivity (Wildman–Crippen MR) is 137 cm³/mol. The molecule has 1 amide bonds. The third-order valence-corrected chi connectivity index (χ3v) is 7.35. The molecule has 0 aliphatic carbocycles. The van der Waals surface area contributed by atoms with Gasteiger partial charge in [-0.25, -0.2) is 9.79 Å². The Balaban J connectivity index is 1.81. The van der Waals surface area contributed by atoms with Crippen molar-refractivity contribution in [3.05, 3.63) is 103 Å². The van der Waals surface area contributed by atoms with Crippen molar-refractivity contribution in [3.63, 3.8) is 0 Å². The molecule has 0 bridgehead atoms. The van der Waals surface area contributed by atoms with E-state index in [2.05, 4.69) is 11.6 Å². The van der Waals surface area contributed by atoms with Crippen molar-refractivity contribution in [1.82, 2.24) is 4.57 Å². The molecule has 1 atom stereocenters. The summed E-state index contributed by atoms with van der Waals surface area (Å²) in [5, 5.41) is 0. The van der Waals surface area contributed by atoms with Gasteiger partial charge in [-0.15, -0.1) is 6.58 Å². The average molecular weight is 502 g/mol. The number of methoxy groups -OCH3 is 2. The summed E-state index contributed by atoms with van der Waals surface area (Å²) in [7, 11) is 2.86. The van der Waals surface area contributed by atoms with Crippen molar-refractivity contribution in [2.75, 3.05) is 25.7 Å². The highest BCUT2D eigenvalue weighted by Gasteiger charge is 2.36. The lowest BCUT2D eigenvalue weighted by molar-refractivity contribution is -0.136. The van der Waals surface area contributed by atoms with Gasteiger partial charge in [0.05, 0.1) is 42.8 Å². The SMILES string of the molecule is C=CCN1C(=O)/C(=c2\sc3n(c2=O)[C@H](c2ccc(OC)cc2)C(C(=O)OC)=C(C)N=3)c2ccccc21. The van der Waals surface area contributed by atoms with E-state index in [0.29, 0.717) is 39.5 Å². The molecule has 3 aromatic rings. The number of carbonyl (C=O) groups is 2. The molecule has 0 unspecified atom stereocenters. The molecule has 182 valence electrons. The third kappa shape index (κ3) is 3.51. The van der Waals surface area contributed by atoms with Gasteiger partial charge in [-0.05, 0) is 30.7 Å². The summed E-state index contributed by atoms with van der Waals surface area (Å²) < 4.78 is 12.1. The molecule has 36 heavy (non-hydrogen) atoms. The summed E-state index contributed by atoms with van der Waals surface area (Å²) >= 11 is 1.14. The van der Waals surface area contributed by atoms with Crippen molar-refractivity contribution < 1.29 is 19.1 Å². The maximum Gasteiger partial charge on any atom is 0.338 e. The van der Waals surface area contributed by atoms with Gasteiger partial charge in [-0.3, -0.25) is 14.2 Å². The van der Waals surface area contributed by atoms with E-state index in [9.17, 15) is 14.4 Å². The van der Waals surface area contributed by atoms with Crippen molar-refractivity contribution in [3.8, 4) is 5.75 Å². The van der Waals surface area contributed by atoms with Crippen LogP contribution in [0.3, 0.4) is 0 Å². The summed E-state index contributed by atoms with van der Waals surface area (Å²) in [5.41, 5.74) is 2.73.